The molecule has 6 heteroatoms. The summed E-state index contributed by atoms with van der Waals surface area (Å²) in [5.74, 6) is 2.80. The van der Waals surface area contributed by atoms with E-state index in [1.807, 2.05) is 25.1 Å². The zero-order chi connectivity index (χ0) is 20.7. The van der Waals surface area contributed by atoms with E-state index < -0.39 is 0 Å². The van der Waals surface area contributed by atoms with E-state index in [0.29, 0.717) is 41.3 Å². The van der Waals surface area contributed by atoms with E-state index in [0.717, 1.165) is 29.0 Å². The maximum absolute atomic E-state index is 13.0. The second-order valence-corrected chi connectivity index (χ2v) is 7.53. The van der Waals surface area contributed by atoms with Crippen LogP contribution < -0.4 is 18.9 Å². The van der Waals surface area contributed by atoms with E-state index >= 15 is 0 Å². The van der Waals surface area contributed by atoms with Gasteiger partial charge in [0.2, 0.25) is 5.78 Å². The molecule has 0 aromatic heterocycles. The third-order valence-corrected chi connectivity index (χ3v) is 5.40. The number of rotatable bonds is 4. The molecule has 152 valence electrons. The standard InChI is InChI=1S/C23H25NO5/c1-13(2)24-11-16-10-17-21(25)20(29-23(17)14(3)22(16)28-12-24)9-15-6-7-18(26-4)19(8-15)27-5/h6-10,13H,11-12H2,1-5H3/b20-9+. The summed E-state index contributed by atoms with van der Waals surface area (Å²) in [5.41, 5.74) is 3.26. The molecule has 29 heavy (non-hydrogen) atoms. The number of methoxy groups -OCH3 is 2. The van der Waals surface area contributed by atoms with Crippen LogP contribution in [0.25, 0.3) is 6.08 Å². The smallest absolute Gasteiger partial charge is 0.231 e. The normalized spacial score (nSPS) is 17.0. The Hall–Kier alpha value is -2.99. The topological polar surface area (TPSA) is 57.2 Å². The maximum atomic E-state index is 13.0. The molecule has 2 heterocycles. The van der Waals surface area contributed by atoms with Crippen LogP contribution in [0.15, 0.2) is 30.0 Å². The molecule has 2 aliphatic rings. The Kier molecular flexibility index (Phi) is 4.96. The number of Topliss-reactive ketones (excluding diaryl/α,β-unsaturated/α-hetero) is 1. The van der Waals surface area contributed by atoms with Crippen LogP contribution in [0.4, 0.5) is 0 Å². The Labute approximate surface area is 170 Å². The minimum absolute atomic E-state index is 0.123. The number of nitrogens with zero attached hydrogens (tertiary/aromatic N) is 1. The Morgan fingerprint density at radius 1 is 1.10 bits per heavy atom. The lowest BCUT2D eigenvalue weighted by Crippen LogP contribution is -2.37. The molecule has 4 rings (SSSR count). The summed E-state index contributed by atoms with van der Waals surface area (Å²) in [4.78, 5) is 15.2. The fraction of sp³-hybridized carbons (Fsp3) is 0.348. The highest BCUT2D eigenvalue weighted by atomic mass is 16.5. The highest BCUT2D eigenvalue weighted by Crippen LogP contribution is 2.43. The van der Waals surface area contributed by atoms with E-state index in [2.05, 4.69) is 18.7 Å². The highest BCUT2D eigenvalue weighted by molar-refractivity contribution is 6.15. The largest absolute Gasteiger partial charge is 0.493 e. The van der Waals surface area contributed by atoms with Gasteiger partial charge in [-0.2, -0.15) is 0 Å². The van der Waals surface area contributed by atoms with Crippen molar-refractivity contribution in [1.29, 1.82) is 0 Å². The summed E-state index contributed by atoms with van der Waals surface area (Å²) in [6, 6.07) is 7.74. The van der Waals surface area contributed by atoms with Crippen LogP contribution in [0.1, 0.15) is 40.9 Å². The van der Waals surface area contributed by atoms with Crippen molar-refractivity contribution in [3.63, 3.8) is 0 Å². The molecular weight excluding hydrogens is 370 g/mol. The zero-order valence-corrected chi connectivity index (χ0v) is 17.4. The average Bonchev–Trinajstić information content (AvgIpc) is 3.03. The predicted molar refractivity (Wildman–Crippen MR) is 110 cm³/mol. The summed E-state index contributed by atoms with van der Waals surface area (Å²) < 4.78 is 22.6. The number of hydrogen-bond donors (Lipinski definition) is 0. The first-order valence-electron chi connectivity index (χ1n) is 9.62. The van der Waals surface area contributed by atoms with Crippen LogP contribution in [0, 0.1) is 6.92 Å². The Morgan fingerprint density at radius 2 is 1.86 bits per heavy atom. The van der Waals surface area contributed by atoms with Gasteiger partial charge in [0, 0.05) is 23.7 Å². The molecule has 0 atom stereocenters. The molecule has 0 unspecified atom stereocenters. The molecule has 6 nitrogen and oxygen atoms in total. The quantitative estimate of drug-likeness (QED) is 0.724. The van der Waals surface area contributed by atoms with Crippen molar-refractivity contribution >= 4 is 11.9 Å². The van der Waals surface area contributed by atoms with Gasteiger partial charge in [0.25, 0.3) is 0 Å². The molecule has 0 amide bonds. The number of ether oxygens (including phenoxy) is 4. The molecule has 0 fully saturated rings. The summed E-state index contributed by atoms with van der Waals surface area (Å²) in [5, 5.41) is 0. The minimum Gasteiger partial charge on any atom is -0.493 e. The van der Waals surface area contributed by atoms with Gasteiger partial charge in [-0.3, -0.25) is 9.69 Å². The molecule has 0 aliphatic carbocycles. The van der Waals surface area contributed by atoms with E-state index in [9.17, 15) is 4.79 Å². The van der Waals surface area contributed by atoms with Gasteiger partial charge in [-0.05, 0) is 50.6 Å². The zero-order valence-electron chi connectivity index (χ0n) is 17.4. The van der Waals surface area contributed by atoms with Crippen LogP contribution >= 0.6 is 0 Å². The van der Waals surface area contributed by atoms with Crippen molar-refractivity contribution in [3.8, 4) is 23.0 Å². The molecule has 0 N–H and O–H groups in total. The van der Waals surface area contributed by atoms with Gasteiger partial charge in [0.05, 0.1) is 19.8 Å². The van der Waals surface area contributed by atoms with Crippen molar-refractivity contribution in [2.45, 2.75) is 33.4 Å². The van der Waals surface area contributed by atoms with Gasteiger partial charge in [0.15, 0.2) is 17.3 Å². The molecule has 0 radical (unpaired) electrons. The van der Waals surface area contributed by atoms with Crippen LogP contribution in [0.3, 0.4) is 0 Å². The van der Waals surface area contributed by atoms with Crippen molar-refractivity contribution in [2.24, 2.45) is 0 Å². The summed E-state index contributed by atoms with van der Waals surface area (Å²) in [7, 11) is 3.17. The minimum atomic E-state index is -0.123. The fourth-order valence-electron chi connectivity index (χ4n) is 3.69. The SMILES string of the molecule is COc1ccc(/C=C2/Oc3c(cc4c(c3C)OCN(C(C)C)C4)C2=O)cc1OC. The second kappa shape index (κ2) is 7.44. The molecule has 0 spiro atoms. The lowest BCUT2D eigenvalue weighted by atomic mass is 9.99. The first kappa shape index (κ1) is 19.3. The highest BCUT2D eigenvalue weighted by Gasteiger charge is 2.33. The van der Waals surface area contributed by atoms with Gasteiger partial charge in [-0.25, -0.2) is 0 Å². The number of allylic oxidation sites excluding steroid dienone is 1. The number of fused-ring (bicyclic) bond motifs is 2. The van der Waals surface area contributed by atoms with E-state index in [1.54, 1.807) is 26.4 Å². The van der Waals surface area contributed by atoms with E-state index in [-0.39, 0.29) is 5.78 Å². The van der Waals surface area contributed by atoms with Crippen LogP contribution in [-0.2, 0) is 6.54 Å². The Balaban J connectivity index is 1.69. The van der Waals surface area contributed by atoms with Crippen molar-refractivity contribution in [3.05, 3.63) is 52.3 Å². The molecule has 0 saturated carbocycles. The first-order chi connectivity index (χ1) is 13.9. The molecule has 2 aromatic carbocycles. The van der Waals surface area contributed by atoms with Crippen molar-refractivity contribution < 1.29 is 23.7 Å². The van der Waals surface area contributed by atoms with Crippen LogP contribution in [-0.4, -0.2) is 37.7 Å². The summed E-state index contributed by atoms with van der Waals surface area (Å²) >= 11 is 0. The van der Waals surface area contributed by atoms with Crippen molar-refractivity contribution in [1.82, 2.24) is 4.90 Å². The lowest BCUT2D eigenvalue weighted by molar-refractivity contribution is 0.0678. The number of benzene rings is 2. The number of carbonyl (C=O) groups is 1. The van der Waals surface area contributed by atoms with Gasteiger partial charge in [-0.15, -0.1) is 0 Å². The predicted octanol–water partition coefficient (Wildman–Crippen LogP) is 4.19. The van der Waals surface area contributed by atoms with E-state index in [4.69, 9.17) is 18.9 Å². The number of hydrogen-bond acceptors (Lipinski definition) is 6. The van der Waals surface area contributed by atoms with Crippen LogP contribution in [0.2, 0.25) is 0 Å². The van der Waals surface area contributed by atoms with Gasteiger partial charge < -0.3 is 18.9 Å². The number of ketones is 1. The molecular formula is C23H25NO5. The van der Waals surface area contributed by atoms with Crippen molar-refractivity contribution in [2.75, 3.05) is 21.0 Å². The molecule has 2 aliphatic heterocycles. The third kappa shape index (κ3) is 3.34. The monoisotopic (exact) mass is 395 g/mol. The van der Waals surface area contributed by atoms with Crippen LogP contribution in [0.5, 0.6) is 23.0 Å². The third-order valence-electron chi connectivity index (χ3n) is 5.40. The van der Waals surface area contributed by atoms with E-state index in [1.165, 1.54) is 0 Å². The maximum Gasteiger partial charge on any atom is 0.231 e. The molecule has 0 saturated heterocycles. The van der Waals surface area contributed by atoms with Gasteiger partial charge in [0.1, 0.15) is 18.2 Å². The summed E-state index contributed by atoms with van der Waals surface area (Å²) in [6.45, 7) is 7.49. The average molecular weight is 395 g/mol. The van der Waals surface area contributed by atoms with Gasteiger partial charge in [-0.1, -0.05) is 6.07 Å². The summed E-state index contributed by atoms with van der Waals surface area (Å²) in [6.07, 6.45) is 1.73. The van der Waals surface area contributed by atoms with Gasteiger partial charge >= 0.3 is 0 Å². The number of carbonyl (C=O) groups excluding carboxylic acids is 1. The lowest BCUT2D eigenvalue weighted by Gasteiger charge is -2.32. The Morgan fingerprint density at radius 3 is 2.55 bits per heavy atom. The Bertz CT molecular complexity index is 1010. The second-order valence-electron chi connectivity index (χ2n) is 7.53. The molecule has 0 bridgehead atoms. The molecule has 2 aromatic rings. The fourth-order valence-corrected chi connectivity index (χ4v) is 3.69. The first-order valence-corrected chi connectivity index (χ1v) is 9.62.